The number of aromatic nitrogens is 1. The average Bonchev–Trinajstić information content (AvgIpc) is 2.82. The summed E-state index contributed by atoms with van der Waals surface area (Å²) in [5.41, 5.74) is 0.908. The number of carbonyl (C=O) groups excluding carboxylic acids is 1. The van der Waals surface area contributed by atoms with Gasteiger partial charge < -0.3 is 10.6 Å². The van der Waals surface area contributed by atoms with E-state index in [0.29, 0.717) is 12.3 Å². The van der Waals surface area contributed by atoms with Crippen molar-refractivity contribution in [3.8, 4) is 0 Å². The topological polar surface area (TPSA) is 54.0 Å². The van der Waals surface area contributed by atoms with Crippen LogP contribution in [-0.2, 0) is 4.79 Å². The lowest BCUT2D eigenvalue weighted by atomic mass is 10.0. The van der Waals surface area contributed by atoms with E-state index in [9.17, 15) is 4.79 Å². The maximum absolute atomic E-state index is 11.8. The number of hydrogen-bond acceptors (Lipinski definition) is 3. The molecule has 0 spiro atoms. The predicted molar refractivity (Wildman–Crippen MR) is 66.4 cm³/mol. The number of nitrogens with one attached hydrogen (secondary N) is 2. The third-order valence-corrected chi connectivity index (χ3v) is 3.15. The molecule has 1 aliphatic heterocycles. The van der Waals surface area contributed by atoms with Crippen molar-refractivity contribution in [3.05, 3.63) is 30.1 Å². The van der Waals surface area contributed by atoms with Crippen LogP contribution in [-0.4, -0.2) is 24.0 Å². The molecule has 2 rings (SSSR count). The number of hydrogen-bond donors (Lipinski definition) is 2. The number of carbonyl (C=O) groups is 1. The van der Waals surface area contributed by atoms with E-state index in [1.807, 2.05) is 25.1 Å². The maximum atomic E-state index is 11.8. The van der Waals surface area contributed by atoms with Crippen LogP contribution < -0.4 is 10.6 Å². The van der Waals surface area contributed by atoms with Gasteiger partial charge in [0.2, 0.25) is 5.91 Å². The van der Waals surface area contributed by atoms with Gasteiger partial charge >= 0.3 is 0 Å². The molecule has 4 heteroatoms. The first kappa shape index (κ1) is 12.0. The fraction of sp³-hybridized carbons (Fsp3) is 0.538. The average molecular weight is 233 g/mol. The molecule has 4 nitrogen and oxygen atoms in total. The smallest absolute Gasteiger partial charge is 0.220 e. The number of amides is 1. The fourth-order valence-corrected chi connectivity index (χ4v) is 2.16. The Morgan fingerprint density at radius 2 is 2.53 bits per heavy atom. The Morgan fingerprint density at radius 1 is 1.65 bits per heavy atom. The highest BCUT2D eigenvalue weighted by atomic mass is 16.1. The van der Waals surface area contributed by atoms with Crippen molar-refractivity contribution in [1.82, 2.24) is 15.6 Å². The van der Waals surface area contributed by atoms with E-state index in [-0.39, 0.29) is 11.9 Å². The molecule has 1 amide bonds. The molecule has 0 saturated carbocycles. The van der Waals surface area contributed by atoms with E-state index < -0.39 is 0 Å². The molecule has 2 heterocycles. The molecule has 0 bridgehead atoms. The Hall–Kier alpha value is -1.42. The molecule has 0 aromatic carbocycles. The summed E-state index contributed by atoms with van der Waals surface area (Å²) in [5, 5.41) is 6.26. The van der Waals surface area contributed by atoms with Crippen LogP contribution in [0.2, 0.25) is 0 Å². The lowest BCUT2D eigenvalue weighted by molar-refractivity contribution is -0.122. The Labute approximate surface area is 102 Å². The van der Waals surface area contributed by atoms with Crippen molar-refractivity contribution in [2.75, 3.05) is 13.1 Å². The molecule has 17 heavy (non-hydrogen) atoms. The maximum Gasteiger partial charge on any atom is 0.220 e. The van der Waals surface area contributed by atoms with E-state index in [0.717, 1.165) is 25.2 Å². The third-order valence-electron chi connectivity index (χ3n) is 3.15. The van der Waals surface area contributed by atoms with Gasteiger partial charge in [-0.05, 0) is 44.5 Å². The van der Waals surface area contributed by atoms with Crippen molar-refractivity contribution in [3.63, 3.8) is 0 Å². The molecule has 1 saturated heterocycles. The minimum Gasteiger partial charge on any atom is -0.348 e. The highest BCUT2D eigenvalue weighted by Gasteiger charge is 2.19. The van der Waals surface area contributed by atoms with Gasteiger partial charge in [-0.2, -0.15) is 0 Å². The van der Waals surface area contributed by atoms with E-state index in [2.05, 4.69) is 15.6 Å². The summed E-state index contributed by atoms with van der Waals surface area (Å²) in [7, 11) is 0. The zero-order chi connectivity index (χ0) is 12.1. The monoisotopic (exact) mass is 233 g/mol. The van der Waals surface area contributed by atoms with E-state index in [1.54, 1.807) is 6.20 Å². The Balaban J connectivity index is 1.81. The van der Waals surface area contributed by atoms with Crippen LogP contribution in [0.25, 0.3) is 0 Å². The van der Waals surface area contributed by atoms with E-state index in [4.69, 9.17) is 0 Å². The molecule has 1 unspecified atom stereocenters. The number of rotatable bonds is 4. The van der Waals surface area contributed by atoms with Gasteiger partial charge in [0.05, 0.1) is 11.7 Å². The summed E-state index contributed by atoms with van der Waals surface area (Å²) in [6.45, 7) is 3.96. The first-order valence-corrected chi connectivity index (χ1v) is 6.16. The molecule has 1 aromatic heterocycles. The van der Waals surface area contributed by atoms with Crippen molar-refractivity contribution in [1.29, 1.82) is 0 Å². The molecule has 1 aliphatic rings. The van der Waals surface area contributed by atoms with Crippen molar-refractivity contribution >= 4 is 5.91 Å². The van der Waals surface area contributed by atoms with Gasteiger partial charge in [0.1, 0.15) is 0 Å². The van der Waals surface area contributed by atoms with Crippen molar-refractivity contribution in [2.24, 2.45) is 5.92 Å². The lowest BCUT2D eigenvalue weighted by Crippen LogP contribution is -2.29. The van der Waals surface area contributed by atoms with Gasteiger partial charge in [0.15, 0.2) is 0 Å². The second-order valence-electron chi connectivity index (χ2n) is 4.61. The zero-order valence-electron chi connectivity index (χ0n) is 10.1. The first-order valence-electron chi connectivity index (χ1n) is 6.16. The van der Waals surface area contributed by atoms with E-state index in [1.165, 1.54) is 0 Å². The molecule has 1 aromatic rings. The van der Waals surface area contributed by atoms with Crippen LogP contribution in [0, 0.1) is 5.92 Å². The minimum absolute atomic E-state index is 0.0157. The third kappa shape index (κ3) is 3.53. The van der Waals surface area contributed by atoms with Gasteiger partial charge in [-0.25, -0.2) is 0 Å². The minimum atomic E-state index is -0.0157. The molecule has 2 atom stereocenters. The number of pyridine rings is 1. The summed E-state index contributed by atoms with van der Waals surface area (Å²) in [4.78, 5) is 16.1. The Bertz CT molecular complexity index is 360. The molecule has 0 radical (unpaired) electrons. The quantitative estimate of drug-likeness (QED) is 0.823. The second-order valence-corrected chi connectivity index (χ2v) is 4.61. The van der Waals surface area contributed by atoms with Crippen molar-refractivity contribution < 1.29 is 4.79 Å². The molecular formula is C13H19N3O. The van der Waals surface area contributed by atoms with E-state index >= 15 is 0 Å². The molecule has 92 valence electrons. The zero-order valence-corrected chi connectivity index (χ0v) is 10.1. The van der Waals surface area contributed by atoms with Crippen LogP contribution in [0.4, 0.5) is 0 Å². The van der Waals surface area contributed by atoms with Crippen LogP contribution >= 0.6 is 0 Å². The summed E-state index contributed by atoms with van der Waals surface area (Å²) >= 11 is 0. The molecular weight excluding hydrogens is 214 g/mol. The summed E-state index contributed by atoms with van der Waals surface area (Å²) in [5.74, 6) is 0.614. The normalized spacial score (nSPS) is 21.1. The molecule has 0 aliphatic carbocycles. The Kier molecular flexibility index (Phi) is 4.09. The molecule has 1 fully saturated rings. The fourth-order valence-electron chi connectivity index (χ4n) is 2.16. The van der Waals surface area contributed by atoms with Crippen LogP contribution in [0.1, 0.15) is 31.5 Å². The van der Waals surface area contributed by atoms with Gasteiger partial charge in [-0.3, -0.25) is 9.78 Å². The first-order chi connectivity index (χ1) is 8.25. The second kappa shape index (κ2) is 5.77. The Morgan fingerprint density at radius 3 is 3.18 bits per heavy atom. The van der Waals surface area contributed by atoms with Gasteiger partial charge in [0.25, 0.3) is 0 Å². The SMILES string of the molecule is C[C@H](NC(=O)CC1CCNC1)c1ccccn1. The summed E-state index contributed by atoms with van der Waals surface area (Å²) < 4.78 is 0. The summed E-state index contributed by atoms with van der Waals surface area (Å²) in [6.07, 6.45) is 3.47. The van der Waals surface area contributed by atoms with Gasteiger partial charge in [0, 0.05) is 12.6 Å². The van der Waals surface area contributed by atoms with Gasteiger partial charge in [-0.1, -0.05) is 6.07 Å². The summed E-state index contributed by atoms with van der Waals surface area (Å²) in [6, 6.07) is 5.73. The van der Waals surface area contributed by atoms with Crippen LogP contribution in [0.5, 0.6) is 0 Å². The van der Waals surface area contributed by atoms with Gasteiger partial charge in [-0.15, -0.1) is 0 Å². The van der Waals surface area contributed by atoms with Crippen LogP contribution in [0.3, 0.4) is 0 Å². The molecule has 2 N–H and O–H groups in total. The highest BCUT2D eigenvalue weighted by molar-refractivity contribution is 5.76. The van der Waals surface area contributed by atoms with Crippen molar-refractivity contribution in [2.45, 2.75) is 25.8 Å². The lowest BCUT2D eigenvalue weighted by Gasteiger charge is -2.15. The standard InChI is InChI=1S/C13H19N3O/c1-10(12-4-2-3-6-15-12)16-13(17)8-11-5-7-14-9-11/h2-4,6,10-11,14H,5,7-9H2,1H3,(H,16,17)/t10-,11?/m0/s1. The predicted octanol–water partition coefficient (Wildman–Crippen LogP) is 1.26. The largest absolute Gasteiger partial charge is 0.348 e. The number of nitrogens with zero attached hydrogens (tertiary/aromatic N) is 1. The van der Waals surface area contributed by atoms with Crippen LogP contribution in [0.15, 0.2) is 24.4 Å². The highest BCUT2D eigenvalue weighted by Crippen LogP contribution is 2.14.